The third-order valence-electron chi connectivity index (χ3n) is 1.70. The quantitative estimate of drug-likeness (QED) is 0.730. The van der Waals surface area contributed by atoms with E-state index in [1.54, 1.807) is 18.4 Å². The average Bonchev–Trinajstić information content (AvgIpc) is 2.42. The van der Waals surface area contributed by atoms with E-state index in [9.17, 15) is 0 Å². The molecule has 0 saturated heterocycles. The Bertz CT molecular complexity index is 287. The molecule has 0 amide bonds. The van der Waals surface area contributed by atoms with E-state index in [-0.39, 0.29) is 0 Å². The van der Waals surface area contributed by atoms with Crippen molar-refractivity contribution in [3.8, 4) is 0 Å². The van der Waals surface area contributed by atoms with E-state index in [1.807, 2.05) is 6.92 Å². The van der Waals surface area contributed by atoms with E-state index < -0.39 is 0 Å². The van der Waals surface area contributed by atoms with Crippen molar-refractivity contribution in [2.75, 3.05) is 7.05 Å². The minimum absolute atomic E-state index is 0.658. The van der Waals surface area contributed by atoms with E-state index >= 15 is 0 Å². The Morgan fingerprint density at radius 1 is 1.54 bits per heavy atom. The number of nitrogens with zero attached hydrogens (tertiary/aromatic N) is 1. The Hall–Kier alpha value is -0.680. The Kier molecular flexibility index (Phi) is 3.62. The largest absolute Gasteiger partial charge is 0.366 e. The summed E-state index contributed by atoms with van der Waals surface area (Å²) in [6.07, 6.45) is 0. The van der Waals surface area contributed by atoms with E-state index in [2.05, 4.69) is 22.5 Å². The summed E-state index contributed by atoms with van der Waals surface area (Å²) in [4.78, 5) is 5.66. The number of aryl methyl sites for hydroxylation is 2. The van der Waals surface area contributed by atoms with Gasteiger partial charge in [-0.2, -0.15) is 0 Å². The summed E-state index contributed by atoms with van der Waals surface area (Å²) in [5.74, 6) is 0. The van der Waals surface area contributed by atoms with Gasteiger partial charge in [-0.15, -0.1) is 11.3 Å². The molecule has 5 heteroatoms. The molecule has 0 atom stereocenters. The van der Waals surface area contributed by atoms with Gasteiger partial charge in [0.2, 0.25) is 0 Å². The Labute approximate surface area is 87.6 Å². The molecular weight excluding hydrogens is 202 g/mol. The van der Waals surface area contributed by atoms with Crippen molar-refractivity contribution in [2.45, 2.75) is 20.4 Å². The summed E-state index contributed by atoms with van der Waals surface area (Å²) in [5, 5.41) is 7.65. The van der Waals surface area contributed by atoms with Gasteiger partial charge in [-0.1, -0.05) is 0 Å². The van der Waals surface area contributed by atoms with E-state index in [0.717, 1.165) is 10.7 Å². The van der Waals surface area contributed by atoms with Crippen LogP contribution in [0.1, 0.15) is 15.6 Å². The molecule has 0 aliphatic rings. The van der Waals surface area contributed by atoms with Gasteiger partial charge in [-0.05, 0) is 26.1 Å². The van der Waals surface area contributed by atoms with Crippen LogP contribution in [-0.4, -0.2) is 17.1 Å². The zero-order valence-corrected chi connectivity index (χ0v) is 9.60. The molecule has 1 rings (SSSR count). The number of thiocarbonyl (C=S) groups is 1. The van der Waals surface area contributed by atoms with Gasteiger partial charge in [0.1, 0.15) is 5.01 Å². The zero-order valence-electron chi connectivity index (χ0n) is 7.97. The second-order valence-electron chi connectivity index (χ2n) is 2.68. The average molecular weight is 215 g/mol. The molecule has 0 radical (unpaired) electrons. The maximum atomic E-state index is 4.95. The second-order valence-corrected chi connectivity index (χ2v) is 4.38. The van der Waals surface area contributed by atoms with Gasteiger partial charge in [0.15, 0.2) is 5.11 Å². The van der Waals surface area contributed by atoms with Gasteiger partial charge < -0.3 is 10.6 Å². The fraction of sp³-hybridized carbons (Fsp3) is 0.500. The molecule has 0 saturated carbocycles. The number of hydrogen-bond acceptors (Lipinski definition) is 3. The molecule has 3 nitrogen and oxygen atoms in total. The van der Waals surface area contributed by atoms with Crippen molar-refractivity contribution in [1.82, 2.24) is 15.6 Å². The van der Waals surface area contributed by atoms with Crippen molar-refractivity contribution in [2.24, 2.45) is 0 Å². The molecule has 13 heavy (non-hydrogen) atoms. The first-order chi connectivity index (χ1) is 6.13. The predicted octanol–water partition coefficient (Wildman–Crippen LogP) is 1.35. The zero-order chi connectivity index (χ0) is 9.84. The first-order valence-corrected chi connectivity index (χ1v) is 5.24. The van der Waals surface area contributed by atoms with Gasteiger partial charge in [0.05, 0.1) is 12.2 Å². The molecular formula is C8H13N3S2. The van der Waals surface area contributed by atoms with Crippen LogP contribution in [0.5, 0.6) is 0 Å². The molecule has 2 N–H and O–H groups in total. The van der Waals surface area contributed by atoms with Crippen molar-refractivity contribution >= 4 is 28.7 Å². The SMILES string of the molecule is CNC(=S)NCc1nc(C)c(C)s1. The maximum Gasteiger partial charge on any atom is 0.166 e. The second kappa shape index (κ2) is 4.53. The number of rotatable bonds is 2. The number of thiazole rings is 1. The fourth-order valence-corrected chi connectivity index (χ4v) is 1.80. The van der Waals surface area contributed by atoms with Crippen LogP contribution in [0.15, 0.2) is 0 Å². The van der Waals surface area contributed by atoms with Gasteiger partial charge in [0.25, 0.3) is 0 Å². The van der Waals surface area contributed by atoms with Gasteiger partial charge in [-0.25, -0.2) is 4.98 Å². The fourth-order valence-electron chi connectivity index (χ4n) is 0.859. The molecule has 0 bridgehead atoms. The monoisotopic (exact) mass is 215 g/mol. The van der Waals surface area contributed by atoms with Gasteiger partial charge in [-0.3, -0.25) is 0 Å². The lowest BCUT2D eigenvalue weighted by molar-refractivity contribution is 0.875. The summed E-state index contributed by atoms with van der Waals surface area (Å²) in [5.41, 5.74) is 1.11. The minimum Gasteiger partial charge on any atom is -0.366 e. The van der Waals surface area contributed by atoms with Crippen molar-refractivity contribution < 1.29 is 0 Å². The molecule has 0 fully saturated rings. The molecule has 0 aliphatic heterocycles. The molecule has 0 unspecified atom stereocenters. The Balaban J connectivity index is 2.50. The lowest BCUT2D eigenvalue weighted by atomic mass is 10.4. The highest BCUT2D eigenvalue weighted by atomic mass is 32.1. The van der Waals surface area contributed by atoms with Gasteiger partial charge >= 0.3 is 0 Å². The maximum absolute atomic E-state index is 4.95. The predicted molar refractivity (Wildman–Crippen MR) is 60.1 cm³/mol. The summed E-state index contributed by atoms with van der Waals surface area (Å²) >= 11 is 6.65. The van der Waals surface area contributed by atoms with E-state index in [4.69, 9.17) is 12.2 Å². The van der Waals surface area contributed by atoms with Crippen LogP contribution in [0.3, 0.4) is 0 Å². The first-order valence-electron chi connectivity index (χ1n) is 4.02. The molecule has 1 aromatic heterocycles. The van der Waals surface area contributed by atoms with Crippen molar-refractivity contribution in [1.29, 1.82) is 0 Å². The topological polar surface area (TPSA) is 37.0 Å². The first kappa shape index (κ1) is 10.4. The normalized spacial score (nSPS) is 9.77. The Morgan fingerprint density at radius 3 is 2.69 bits per heavy atom. The summed E-state index contributed by atoms with van der Waals surface area (Å²) in [6.45, 7) is 4.80. The summed E-state index contributed by atoms with van der Waals surface area (Å²) < 4.78 is 0. The number of aromatic nitrogens is 1. The lowest BCUT2D eigenvalue weighted by Crippen LogP contribution is -2.31. The molecule has 0 aliphatic carbocycles. The van der Waals surface area contributed by atoms with Crippen LogP contribution in [0.4, 0.5) is 0 Å². The molecule has 0 aromatic carbocycles. The summed E-state index contributed by atoms with van der Waals surface area (Å²) in [6, 6.07) is 0. The smallest absolute Gasteiger partial charge is 0.166 e. The molecule has 0 spiro atoms. The molecule has 72 valence electrons. The van der Waals surface area contributed by atoms with Gasteiger partial charge in [0, 0.05) is 11.9 Å². The van der Waals surface area contributed by atoms with Crippen LogP contribution < -0.4 is 10.6 Å². The van der Waals surface area contributed by atoms with Crippen LogP contribution in [-0.2, 0) is 6.54 Å². The summed E-state index contributed by atoms with van der Waals surface area (Å²) in [7, 11) is 1.80. The number of hydrogen-bond donors (Lipinski definition) is 2. The highest BCUT2D eigenvalue weighted by molar-refractivity contribution is 7.80. The highest BCUT2D eigenvalue weighted by Crippen LogP contribution is 2.15. The third kappa shape index (κ3) is 2.93. The molecule has 1 aromatic rings. The lowest BCUT2D eigenvalue weighted by Gasteiger charge is -2.03. The van der Waals surface area contributed by atoms with Crippen molar-refractivity contribution in [3.05, 3.63) is 15.6 Å². The van der Waals surface area contributed by atoms with Crippen molar-refractivity contribution in [3.63, 3.8) is 0 Å². The van der Waals surface area contributed by atoms with Crippen LogP contribution >= 0.6 is 23.6 Å². The van der Waals surface area contributed by atoms with E-state index in [1.165, 1.54) is 4.88 Å². The molecule has 1 heterocycles. The van der Waals surface area contributed by atoms with Crippen LogP contribution in [0.25, 0.3) is 0 Å². The standard InChI is InChI=1S/C8H13N3S2/c1-5-6(2)13-7(11-5)4-10-8(12)9-3/h4H2,1-3H3,(H2,9,10,12). The van der Waals surface area contributed by atoms with Crippen LogP contribution in [0.2, 0.25) is 0 Å². The Morgan fingerprint density at radius 2 is 2.23 bits per heavy atom. The van der Waals surface area contributed by atoms with Crippen LogP contribution in [0, 0.1) is 13.8 Å². The number of nitrogens with one attached hydrogen (secondary N) is 2. The highest BCUT2D eigenvalue weighted by Gasteiger charge is 2.02. The minimum atomic E-state index is 0.658. The van der Waals surface area contributed by atoms with E-state index in [0.29, 0.717) is 11.7 Å². The third-order valence-corrected chi connectivity index (χ3v) is 3.12.